The lowest BCUT2D eigenvalue weighted by molar-refractivity contribution is 0.392. The van der Waals surface area contributed by atoms with Crippen LogP contribution in [0.1, 0.15) is 30.6 Å². The van der Waals surface area contributed by atoms with Crippen molar-refractivity contribution in [3.8, 4) is 0 Å². The molecule has 0 spiro atoms. The maximum atomic E-state index is 6.09. The highest BCUT2D eigenvalue weighted by Gasteiger charge is 2.21. The molecule has 2 N–H and O–H groups in total. The monoisotopic (exact) mass is 438 g/mol. The minimum absolute atomic E-state index is 0.305. The van der Waals surface area contributed by atoms with Gasteiger partial charge in [0.15, 0.2) is 5.96 Å². The molecule has 3 rings (SSSR count). The zero-order valence-corrected chi connectivity index (χ0v) is 17.4. The van der Waals surface area contributed by atoms with Crippen molar-refractivity contribution in [1.82, 2.24) is 25.4 Å². The third-order valence-corrected chi connectivity index (χ3v) is 5.32. The Morgan fingerprint density at radius 1 is 1.46 bits per heavy atom. The lowest BCUT2D eigenvalue weighted by Gasteiger charge is -2.25. The standard InChI is InChI=1S/C18H24BrClN6/c1-3-21-18(22-9-8-13-10-14(20)4-6-16(13)19)24-15-5-7-17-23-12(2)25-26(17)11-15/h4,6,10,15H,3,5,7-9,11H2,1-2H3,(H2,21,22,24). The number of hydrogen-bond acceptors (Lipinski definition) is 3. The summed E-state index contributed by atoms with van der Waals surface area (Å²) in [5.41, 5.74) is 1.16. The van der Waals surface area contributed by atoms with Crippen LogP contribution in [0, 0.1) is 6.92 Å². The van der Waals surface area contributed by atoms with Crippen molar-refractivity contribution in [3.63, 3.8) is 0 Å². The average Bonchev–Trinajstić information content (AvgIpc) is 2.97. The Balaban J connectivity index is 1.60. The molecule has 6 nitrogen and oxygen atoms in total. The Kier molecular flexibility index (Phi) is 6.53. The van der Waals surface area contributed by atoms with Crippen LogP contribution in [-0.2, 0) is 19.4 Å². The van der Waals surface area contributed by atoms with Crippen molar-refractivity contribution < 1.29 is 0 Å². The van der Waals surface area contributed by atoms with Crippen LogP contribution in [0.4, 0.5) is 0 Å². The molecule has 1 unspecified atom stereocenters. The summed E-state index contributed by atoms with van der Waals surface area (Å²) in [6.45, 7) is 6.35. The molecular formula is C18H24BrClN6. The van der Waals surface area contributed by atoms with Gasteiger partial charge in [-0.05, 0) is 50.5 Å². The number of halogens is 2. The summed E-state index contributed by atoms with van der Waals surface area (Å²) in [4.78, 5) is 9.18. The normalized spacial score (nSPS) is 17.1. The van der Waals surface area contributed by atoms with Crippen LogP contribution in [0.3, 0.4) is 0 Å². The maximum Gasteiger partial charge on any atom is 0.191 e. The van der Waals surface area contributed by atoms with Crippen molar-refractivity contribution in [3.05, 3.63) is 44.9 Å². The molecular weight excluding hydrogens is 416 g/mol. The average molecular weight is 440 g/mol. The van der Waals surface area contributed by atoms with Gasteiger partial charge in [0.1, 0.15) is 11.6 Å². The van der Waals surface area contributed by atoms with E-state index in [0.29, 0.717) is 12.6 Å². The molecule has 0 bridgehead atoms. The van der Waals surface area contributed by atoms with Gasteiger partial charge in [-0.2, -0.15) is 5.10 Å². The highest BCUT2D eigenvalue weighted by Crippen LogP contribution is 2.21. The second kappa shape index (κ2) is 8.86. The number of rotatable bonds is 5. The van der Waals surface area contributed by atoms with Crippen molar-refractivity contribution >= 4 is 33.5 Å². The zero-order chi connectivity index (χ0) is 18.5. The van der Waals surface area contributed by atoms with Crippen molar-refractivity contribution in [1.29, 1.82) is 0 Å². The fraction of sp³-hybridized carbons (Fsp3) is 0.500. The SMILES string of the molecule is CCNC(=NCCc1cc(Cl)ccc1Br)NC1CCc2nc(C)nn2C1. The first-order valence-corrected chi connectivity index (χ1v) is 10.1. The first-order chi connectivity index (χ1) is 12.5. The minimum atomic E-state index is 0.305. The summed E-state index contributed by atoms with van der Waals surface area (Å²) >= 11 is 9.66. The fourth-order valence-corrected chi connectivity index (χ4v) is 3.73. The Hall–Kier alpha value is -1.60. The van der Waals surface area contributed by atoms with Crippen LogP contribution < -0.4 is 10.6 Å². The highest BCUT2D eigenvalue weighted by molar-refractivity contribution is 9.10. The van der Waals surface area contributed by atoms with E-state index in [1.165, 1.54) is 0 Å². The number of benzene rings is 1. The van der Waals surface area contributed by atoms with Gasteiger partial charge < -0.3 is 10.6 Å². The summed E-state index contributed by atoms with van der Waals surface area (Å²) in [5.74, 6) is 2.76. The fourth-order valence-electron chi connectivity index (χ4n) is 3.09. The Morgan fingerprint density at radius 3 is 3.12 bits per heavy atom. The largest absolute Gasteiger partial charge is 0.357 e. The number of guanidine groups is 1. The third-order valence-electron chi connectivity index (χ3n) is 4.31. The van der Waals surface area contributed by atoms with Gasteiger partial charge >= 0.3 is 0 Å². The number of aryl methyl sites for hydroxylation is 2. The lowest BCUT2D eigenvalue weighted by Crippen LogP contribution is -2.47. The third kappa shape index (κ3) is 4.98. The van der Waals surface area contributed by atoms with E-state index in [0.717, 1.165) is 65.0 Å². The van der Waals surface area contributed by atoms with Crippen molar-refractivity contribution in [2.45, 2.75) is 45.7 Å². The molecule has 1 aliphatic rings. The van der Waals surface area contributed by atoms with Crippen LogP contribution in [0.15, 0.2) is 27.7 Å². The number of aliphatic imine (C=N–C) groups is 1. The Bertz CT molecular complexity index is 788. The van der Waals surface area contributed by atoms with Gasteiger partial charge in [0.2, 0.25) is 0 Å². The molecule has 1 atom stereocenters. The molecule has 26 heavy (non-hydrogen) atoms. The molecule has 8 heteroatoms. The minimum Gasteiger partial charge on any atom is -0.357 e. The van der Waals surface area contributed by atoms with Gasteiger partial charge in [0.25, 0.3) is 0 Å². The van der Waals surface area contributed by atoms with Gasteiger partial charge in [-0.15, -0.1) is 0 Å². The number of aromatic nitrogens is 3. The van der Waals surface area contributed by atoms with E-state index < -0.39 is 0 Å². The van der Waals surface area contributed by atoms with Crippen LogP contribution in [-0.4, -0.2) is 39.9 Å². The van der Waals surface area contributed by atoms with E-state index in [4.69, 9.17) is 16.6 Å². The summed E-state index contributed by atoms with van der Waals surface area (Å²) in [6, 6.07) is 6.15. The summed E-state index contributed by atoms with van der Waals surface area (Å²) in [6.07, 6.45) is 2.80. The van der Waals surface area contributed by atoms with Crippen LogP contribution in [0.2, 0.25) is 5.02 Å². The van der Waals surface area contributed by atoms with Gasteiger partial charge in [-0.1, -0.05) is 27.5 Å². The molecule has 1 aromatic heterocycles. The second-order valence-electron chi connectivity index (χ2n) is 6.38. The lowest BCUT2D eigenvalue weighted by atomic mass is 10.1. The maximum absolute atomic E-state index is 6.09. The molecule has 0 saturated heterocycles. The van der Waals surface area contributed by atoms with Crippen LogP contribution in [0.25, 0.3) is 0 Å². The Labute approximate surface area is 167 Å². The highest BCUT2D eigenvalue weighted by atomic mass is 79.9. The molecule has 0 aliphatic carbocycles. The number of nitrogens with one attached hydrogen (secondary N) is 2. The van der Waals surface area contributed by atoms with Gasteiger partial charge in [-0.3, -0.25) is 4.99 Å². The number of hydrogen-bond donors (Lipinski definition) is 2. The smallest absolute Gasteiger partial charge is 0.191 e. The van der Waals surface area contributed by atoms with E-state index >= 15 is 0 Å². The van der Waals surface area contributed by atoms with Crippen molar-refractivity contribution in [2.75, 3.05) is 13.1 Å². The molecule has 1 aromatic carbocycles. The van der Waals surface area contributed by atoms with Gasteiger partial charge in [0.05, 0.1) is 6.54 Å². The topological polar surface area (TPSA) is 67.1 Å². The van der Waals surface area contributed by atoms with Crippen molar-refractivity contribution in [2.24, 2.45) is 4.99 Å². The van der Waals surface area contributed by atoms with E-state index in [1.807, 2.05) is 29.8 Å². The first-order valence-electron chi connectivity index (χ1n) is 8.94. The number of fused-ring (bicyclic) bond motifs is 1. The summed E-state index contributed by atoms with van der Waals surface area (Å²) < 4.78 is 3.07. The molecule has 0 amide bonds. The molecule has 0 fully saturated rings. The van der Waals surface area contributed by atoms with Gasteiger partial charge in [0, 0.05) is 35.0 Å². The molecule has 1 aliphatic heterocycles. The molecule has 2 heterocycles. The summed E-state index contributed by atoms with van der Waals surface area (Å²) in [5, 5.41) is 12.1. The predicted octanol–water partition coefficient (Wildman–Crippen LogP) is 3.12. The van der Waals surface area contributed by atoms with E-state index in [2.05, 4.69) is 43.6 Å². The first kappa shape index (κ1) is 19.2. The number of nitrogens with zero attached hydrogens (tertiary/aromatic N) is 4. The second-order valence-corrected chi connectivity index (χ2v) is 7.67. The van der Waals surface area contributed by atoms with E-state index in [-0.39, 0.29) is 0 Å². The van der Waals surface area contributed by atoms with Gasteiger partial charge in [-0.25, -0.2) is 9.67 Å². The summed E-state index contributed by atoms with van der Waals surface area (Å²) in [7, 11) is 0. The van der Waals surface area contributed by atoms with Crippen LogP contribution >= 0.6 is 27.5 Å². The van der Waals surface area contributed by atoms with E-state index in [1.54, 1.807) is 0 Å². The Morgan fingerprint density at radius 2 is 2.31 bits per heavy atom. The molecule has 140 valence electrons. The molecule has 0 radical (unpaired) electrons. The molecule has 0 saturated carbocycles. The van der Waals surface area contributed by atoms with Crippen LogP contribution in [0.5, 0.6) is 0 Å². The quantitative estimate of drug-likeness (QED) is 0.555. The zero-order valence-electron chi connectivity index (χ0n) is 15.1. The predicted molar refractivity (Wildman–Crippen MR) is 109 cm³/mol. The molecule has 2 aromatic rings. The van der Waals surface area contributed by atoms with E-state index in [9.17, 15) is 0 Å².